The molecule has 0 bridgehead atoms. The number of hydrogen-bond donors (Lipinski definition) is 2. The zero-order valence-electron chi connectivity index (χ0n) is 10.8. The summed E-state index contributed by atoms with van der Waals surface area (Å²) in [7, 11) is 1.55. The minimum absolute atomic E-state index is 0.474. The van der Waals surface area contributed by atoms with E-state index in [1.54, 1.807) is 31.5 Å². The van der Waals surface area contributed by atoms with Crippen LogP contribution in [0, 0.1) is 18.3 Å². The number of para-hydroxylation sites is 1. The summed E-state index contributed by atoms with van der Waals surface area (Å²) in [5.74, 6) is 1.09. The van der Waals surface area contributed by atoms with Crippen LogP contribution in [0.3, 0.4) is 0 Å². The Balaban J connectivity index is 2.49. The molecule has 1 heterocycles. The molecule has 0 aliphatic rings. The Labute approximate surface area is 111 Å². The average Bonchev–Trinajstić information content (AvgIpc) is 2.44. The molecular formula is C14H14N4O. The fourth-order valence-corrected chi connectivity index (χ4v) is 1.71. The van der Waals surface area contributed by atoms with Crippen LogP contribution in [0.25, 0.3) is 0 Å². The van der Waals surface area contributed by atoms with Gasteiger partial charge in [-0.3, -0.25) is 0 Å². The number of pyridine rings is 1. The first-order valence-corrected chi connectivity index (χ1v) is 5.72. The van der Waals surface area contributed by atoms with Crippen LogP contribution in [0.15, 0.2) is 30.5 Å². The predicted molar refractivity (Wildman–Crippen MR) is 74.4 cm³/mol. The topological polar surface area (TPSA) is 84.0 Å². The Morgan fingerprint density at radius 2 is 2.16 bits per heavy atom. The van der Waals surface area contributed by atoms with Crippen LogP contribution >= 0.6 is 0 Å². The van der Waals surface area contributed by atoms with Crippen molar-refractivity contribution in [1.29, 1.82) is 5.26 Å². The van der Waals surface area contributed by atoms with E-state index in [2.05, 4.69) is 16.4 Å². The average molecular weight is 254 g/mol. The second kappa shape index (κ2) is 5.27. The molecule has 19 heavy (non-hydrogen) atoms. The third kappa shape index (κ3) is 2.43. The van der Waals surface area contributed by atoms with Crippen LogP contribution in [0.4, 0.5) is 17.2 Å². The van der Waals surface area contributed by atoms with Crippen LogP contribution in [-0.4, -0.2) is 12.1 Å². The Bertz CT molecular complexity index is 646. The van der Waals surface area contributed by atoms with Gasteiger partial charge in [-0.15, -0.1) is 0 Å². The van der Waals surface area contributed by atoms with Gasteiger partial charge in [0.25, 0.3) is 0 Å². The minimum atomic E-state index is 0.474. The lowest BCUT2D eigenvalue weighted by atomic mass is 10.1. The van der Waals surface area contributed by atoms with Gasteiger partial charge in [-0.2, -0.15) is 5.26 Å². The molecule has 5 nitrogen and oxygen atoms in total. The lowest BCUT2D eigenvalue weighted by Crippen LogP contribution is -2.03. The van der Waals surface area contributed by atoms with Crippen molar-refractivity contribution in [3.05, 3.63) is 41.6 Å². The normalized spacial score (nSPS) is 9.74. The molecule has 1 aromatic carbocycles. The highest BCUT2D eigenvalue weighted by atomic mass is 16.5. The van der Waals surface area contributed by atoms with Gasteiger partial charge in [0.05, 0.1) is 18.4 Å². The summed E-state index contributed by atoms with van der Waals surface area (Å²) in [5.41, 5.74) is 8.48. The van der Waals surface area contributed by atoms with Crippen LogP contribution in [0.5, 0.6) is 5.75 Å². The molecule has 0 spiro atoms. The molecule has 0 saturated heterocycles. The molecule has 0 unspecified atom stereocenters. The first-order chi connectivity index (χ1) is 9.17. The number of nitrogens with one attached hydrogen (secondary N) is 1. The summed E-state index contributed by atoms with van der Waals surface area (Å²) in [4.78, 5) is 4.18. The summed E-state index contributed by atoms with van der Waals surface area (Å²) >= 11 is 0. The molecule has 2 aromatic rings. The van der Waals surface area contributed by atoms with Gasteiger partial charge in [0.15, 0.2) is 5.82 Å². The monoisotopic (exact) mass is 254 g/mol. The van der Waals surface area contributed by atoms with Crippen molar-refractivity contribution in [3.63, 3.8) is 0 Å². The van der Waals surface area contributed by atoms with Gasteiger partial charge < -0.3 is 15.8 Å². The predicted octanol–water partition coefficient (Wildman–Crippen LogP) is 2.60. The van der Waals surface area contributed by atoms with E-state index in [4.69, 9.17) is 15.7 Å². The number of hydrogen-bond acceptors (Lipinski definition) is 5. The minimum Gasteiger partial charge on any atom is -0.495 e. The summed E-state index contributed by atoms with van der Waals surface area (Å²) < 4.78 is 5.25. The molecule has 96 valence electrons. The van der Waals surface area contributed by atoms with Crippen molar-refractivity contribution in [2.24, 2.45) is 0 Å². The maximum Gasteiger partial charge on any atom is 0.153 e. The van der Waals surface area contributed by atoms with E-state index in [0.717, 1.165) is 5.56 Å². The van der Waals surface area contributed by atoms with Gasteiger partial charge in [-0.25, -0.2) is 4.98 Å². The van der Waals surface area contributed by atoms with E-state index in [1.165, 1.54) is 0 Å². The number of anilines is 3. The van der Waals surface area contributed by atoms with E-state index < -0.39 is 0 Å². The van der Waals surface area contributed by atoms with E-state index >= 15 is 0 Å². The van der Waals surface area contributed by atoms with Crippen molar-refractivity contribution in [2.45, 2.75) is 6.92 Å². The number of aryl methyl sites for hydroxylation is 1. The summed E-state index contributed by atoms with van der Waals surface area (Å²) in [6.07, 6.45) is 1.66. The van der Waals surface area contributed by atoms with Gasteiger partial charge in [0.2, 0.25) is 0 Å². The fourth-order valence-electron chi connectivity index (χ4n) is 1.71. The van der Waals surface area contributed by atoms with Crippen LogP contribution < -0.4 is 15.8 Å². The highest BCUT2D eigenvalue weighted by Crippen LogP contribution is 2.32. The van der Waals surface area contributed by atoms with Gasteiger partial charge in [0.1, 0.15) is 17.5 Å². The maximum absolute atomic E-state index is 9.14. The van der Waals surface area contributed by atoms with Crippen LogP contribution in [-0.2, 0) is 0 Å². The Morgan fingerprint density at radius 3 is 2.84 bits per heavy atom. The number of ether oxygens (including phenoxy) is 1. The number of rotatable bonds is 3. The van der Waals surface area contributed by atoms with E-state index in [1.807, 2.05) is 13.0 Å². The molecule has 3 N–H and O–H groups in total. The van der Waals surface area contributed by atoms with Crippen molar-refractivity contribution in [2.75, 3.05) is 18.2 Å². The van der Waals surface area contributed by atoms with Gasteiger partial charge in [-0.05, 0) is 30.7 Å². The first-order valence-electron chi connectivity index (χ1n) is 5.72. The Morgan fingerprint density at radius 1 is 1.37 bits per heavy atom. The summed E-state index contributed by atoms with van der Waals surface area (Å²) in [5, 5.41) is 12.2. The SMILES string of the molecule is COc1cccc(C#N)c1Nc1nccc(C)c1N. The molecular weight excluding hydrogens is 240 g/mol. The lowest BCUT2D eigenvalue weighted by molar-refractivity contribution is 0.416. The number of nitrogens with zero attached hydrogens (tertiary/aromatic N) is 2. The van der Waals surface area contributed by atoms with Gasteiger partial charge in [0, 0.05) is 6.20 Å². The highest BCUT2D eigenvalue weighted by molar-refractivity contribution is 5.77. The zero-order chi connectivity index (χ0) is 13.8. The van der Waals surface area contributed by atoms with Crippen LogP contribution in [0.1, 0.15) is 11.1 Å². The van der Waals surface area contributed by atoms with Crippen molar-refractivity contribution in [3.8, 4) is 11.8 Å². The number of nitriles is 1. The second-order valence-electron chi connectivity index (χ2n) is 4.01. The molecule has 5 heteroatoms. The lowest BCUT2D eigenvalue weighted by Gasteiger charge is -2.14. The van der Waals surface area contributed by atoms with Crippen LogP contribution in [0.2, 0.25) is 0 Å². The third-order valence-electron chi connectivity index (χ3n) is 2.82. The second-order valence-corrected chi connectivity index (χ2v) is 4.01. The largest absolute Gasteiger partial charge is 0.495 e. The van der Waals surface area contributed by atoms with E-state index in [-0.39, 0.29) is 0 Å². The summed E-state index contributed by atoms with van der Waals surface area (Å²) in [6.45, 7) is 1.90. The third-order valence-corrected chi connectivity index (χ3v) is 2.82. The van der Waals surface area contributed by atoms with Crippen molar-refractivity contribution < 1.29 is 4.74 Å². The molecule has 0 aliphatic heterocycles. The van der Waals surface area contributed by atoms with E-state index in [0.29, 0.717) is 28.5 Å². The van der Waals surface area contributed by atoms with Gasteiger partial charge >= 0.3 is 0 Å². The Kier molecular flexibility index (Phi) is 3.53. The molecule has 0 saturated carbocycles. The molecule has 0 aliphatic carbocycles. The first kappa shape index (κ1) is 12.7. The number of aromatic nitrogens is 1. The molecule has 0 fully saturated rings. The number of methoxy groups -OCH3 is 1. The van der Waals surface area contributed by atoms with Gasteiger partial charge in [-0.1, -0.05) is 6.07 Å². The smallest absolute Gasteiger partial charge is 0.153 e. The summed E-state index contributed by atoms with van der Waals surface area (Å²) in [6, 6.07) is 9.18. The van der Waals surface area contributed by atoms with Crippen molar-refractivity contribution >= 4 is 17.2 Å². The fraction of sp³-hybridized carbons (Fsp3) is 0.143. The Hall–Kier alpha value is -2.74. The zero-order valence-corrected chi connectivity index (χ0v) is 10.8. The molecule has 2 rings (SSSR count). The molecule has 0 radical (unpaired) electrons. The van der Waals surface area contributed by atoms with E-state index in [9.17, 15) is 0 Å². The maximum atomic E-state index is 9.14. The number of benzene rings is 1. The molecule has 0 amide bonds. The molecule has 0 atom stereocenters. The molecule has 1 aromatic heterocycles. The number of nitrogen functional groups attached to an aromatic ring is 1. The quantitative estimate of drug-likeness (QED) is 0.879. The standard InChI is InChI=1S/C14H14N4O/c1-9-6-7-17-14(12(9)16)18-13-10(8-15)4-3-5-11(13)19-2/h3-7H,16H2,1-2H3,(H,17,18). The van der Waals surface area contributed by atoms with Crippen molar-refractivity contribution in [1.82, 2.24) is 4.98 Å². The number of nitrogens with two attached hydrogens (primary N) is 1. The highest BCUT2D eigenvalue weighted by Gasteiger charge is 2.11.